The molecule has 0 aromatic carbocycles. The molecule has 3 rings (SSSR count). The highest BCUT2D eigenvalue weighted by Crippen LogP contribution is 2.33. The molecule has 0 radical (unpaired) electrons. The average Bonchev–Trinajstić information content (AvgIpc) is 2.77. The number of nitrogens with zero attached hydrogens (tertiary/aromatic N) is 3. The Morgan fingerprint density at radius 1 is 1.48 bits per heavy atom. The number of rotatable bonds is 2. The van der Waals surface area contributed by atoms with E-state index in [1.165, 1.54) is 17.3 Å². The number of carbonyl (C=O) groups is 2. The van der Waals surface area contributed by atoms with Gasteiger partial charge in [-0.3, -0.25) is 14.5 Å². The van der Waals surface area contributed by atoms with Crippen molar-refractivity contribution in [2.75, 3.05) is 5.32 Å². The van der Waals surface area contributed by atoms with Crippen LogP contribution < -0.4 is 10.6 Å². The summed E-state index contributed by atoms with van der Waals surface area (Å²) in [5.41, 5.74) is -1.09. The zero-order valence-corrected chi connectivity index (χ0v) is 13.3. The molecule has 8 heteroatoms. The first-order chi connectivity index (χ1) is 11.0. The summed E-state index contributed by atoms with van der Waals surface area (Å²) in [7, 11) is 0. The molecule has 0 aliphatic carbocycles. The summed E-state index contributed by atoms with van der Waals surface area (Å²) < 4.78 is 0. The van der Waals surface area contributed by atoms with Gasteiger partial charge in [-0.05, 0) is 26.0 Å². The van der Waals surface area contributed by atoms with E-state index in [1.54, 1.807) is 26.1 Å². The maximum Gasteiger partial charge on any atom is 0.252 e. The van der Waals surface area contributed by atoms with Crippen LogP contribution in [0.5, 0.6) is 0 Å². The third-order valence-corrected chi connectivity index (χ3v) is 4.03. The first kappa shape index (κ1) is 15.3. The molecule has 0 saturated carbocycles. The Kier molecular flexibility index (Phi) is 3.70. The Morgan fingerprint density at radius 2 is 2.26 bits per heavy atom. The summed E-state index contributed by atoms with van der Waals surface area (Å²) >= 11 is 6.25. The van der Waals surface area contributed by atoms with Crippen molar-refractivity contribution in [2.45, 2.75) is 31.6 Å². The van der Waals surface area contributed by atoms with Crippen molar-refractivity contribution in [3.05, 3.63) is 29.7 Å². The highest BCUT2D eigenvalue weighted by molar-refractivity contribution is 6.33. The fraction of sp³-hybridized carbons (Fsp3) is 0.333. The van der Waals surface area contributed by atoms with Crippen molar-refractivity contribution < 1.29 is 9.59 Å². The van der Waals surface area contributed by atoms with Crippen LogP contribution in [-0.2, 0) is 9.59 Å². The SMILES string of the molecule is CC#CC1(C)NC(=O)C2C(Cl)=CC(Nc3ccncn3)C(=O)N21. The standard InChI is InChI=1S/C15H14ClN5O2/c1-3-5-15(2)20-13(22)12-9(16)7-10(14(23)21(12)15)19-11-4-6-17-8-18-11/h4,6-8,10,12H,1-2H3,(H,20,22)(H,17,18,19). The second-order valence-electron chi connectivity index (χ2n) is 5.32. The normalized spacial score (nSPS) is 29.2. The Bertz CT molecular complexity index is 754. The molecule has 1 fully saturated rings. The predicted molar refractivity (Wildman–Crippen MR) is 84.0 cm³/mol. The number of halogens is 1. The molecule has 0 spiro atoms. The highest BCUT2D eigenvalue weighted by atomic mass is 35.5. The van der Waals surface area contributed by atoms with E-state index in [0.717, 1.165) is 0 Å². The zero-order chi connectivity index (χ0) is 16.6. The largest absolute Gasteiger partial charge is 0.355 e. The van der Waals surface area contributed by atoms with Crippen LogP contribution in [-0.4, -0.2) is 44.4 Å². The molecule has 23 heavy (non-hydrogen) atoms. The number of anilines is 1. The van der Waals surface area contributed by atoms with Gasteiger partial charge in [-0.25, -0.2) is 9.97 Å². The summed E-state index contributed by atoms with van der Waals surface area (Å²) in [5.74, 6) is 5.45. The van der Waals surface area contributed by atoms with E-state index in [2.05, 4.69) is 32.4 Å². The molecule has 2 N–H and O–H groups in total. The van der Waals surface area contributed by atoms with Gasteiger partial charge in [0.15, 0.2) is 5.66 Å². The molecule has 7 nitrogen and oxygen atoms in total. The molecule has 2 aliphatic rings. The second kappa shape index (κ2) is 5.56. The predicted octanol–water partition coefficient (Wildman–Crippen LogP) is 0.460. The number of hydrogen-bond acceptors (Lipinski definition) is 5. The van der Waals surface area contributed by atoms with Crippen LogP contribution in [0.3, 0.4) is 0 Å². The zero-order valence-electron chi connectivity index (χ0n) is 12.5. The van der Waals surface area contributed by atoms with E-state index in [4.69, 9.17) is 11.6 Å². The van der Waals surface area contributed by atoms with Gasteiger partial charge in [0.25, 0.3) is 11.8 Å². The van der Waals surface area contributed by atoms with Gasteiger partial charge in [-0.1, -0.05) is 17.5 Å². The quantitative estimate of drug-likeness (QED) is 0.769. The molecule has 2 aliphatic heterocycles. The lowest BCUT2D eigenvalue weighted by molar-refractivity contribution is -0.137. The Morgan fingerprint density at radius 3 is 2.91 bits per heavy atom. The van der Waals surface area contributed by atoms with Gasteiger partial charge in [0.05, 0.1) is 0 Å². The summed E-state index contributed by atoms with van der Waals surface area (Å²) in [4.78, 5) is 34.3. The van der Waals surface area contributed by atoms with E-state index in [-0.39, 0.29) is 16.8 Å². The number of fused-ring (bicyclic) bond motifs is 1. The van der Waals surface area contributed by atoms with Crippen molar-refractivity contribution >= 4 is 29.2 Å². The summed E-state index contributed by atoms with van der Waals surface area (Å²) in [6.07, 6.45) is 4.46. The van der Waals surface area contributed by atoms with Crippen LogP contribution in [0.2, 0.25) is 0 Å². The molecule has 1 saturated heterocycles. The van der Waals surface area contributed by atoms with Crippen LogP contribution in [0.1, 0.15) is 13.8 Å². The van der Waals surface area contributed by atoms with E-state index >= 15 is 0 Å². The molecule has 0 bridgehead atoms. The Balaban J connectivity index is 1.97. The number of nitrogens with one attached hydrogen (secondary N) is 2. The summed E-state index contributed by atoms with van der Waals surface area (Å²) in [6.45, 7) is 3.32. The van der Waals surface area contributed by atoms with Crippen molar-refractivity contribution in [2.24, 2.45) is 0 Å². The minimum absolute atomic E-state index is 0.273. The molecule has 1 aromatic heterocycles. The molecular weight excluding hydrogens is 318 g/mol. The monoisotopic (exact) mass is 331 g/mol. The second-order valence-corrected chi connectivity index (χ2v) is 5.75. The van der Waals surface area contributed by atoms with Crippen molar-refractivity contribution in [1.29, 1.82) is 0 Å². The number of carbonyl (C=O) groups excluding carboxylic acids is 2. The van der Waals surface area contributed by atoms with E-state index in [9.17, 15) is 9.59 Å². The topological polar surface area (TPSA) is 87.2 Å². The van der Waals surface area contributed by atoms with Crippen LogP contribution in [0.25, 0.3) is 0 Å². The lowest BCUT2D eigenvalue weighted by atomic mass is 10.0. The summed E-state index contributed by atoms with van der Waals surface area (Å²) in [5, 5.41) is 5.98. The third kappa shape index (κ3) is 2.51. The maximum absolute atomic E-state index is 12.8. The maximum atomic E-state index is 12.8. The van der Waals surface area contributed by atoms with Gasteiger partial charge >= 0.3 is 0 Å². The van der Waals surface area contributed by atoms with Crippen LogP contribution in [0, 0.1) is 11.8 Å². The van der Waals surface area contributed by atoms with Crippen LogP contribution in [0.4, 0.5) is 5.82 Å². The lowest BCUT2D eigenvalue weighted by Gasteiger charge is -2.37. The summed E-state index contributed by atoms with van der Waals surface area (Å²) in [6, 6.07) is 0.0531. The van der Waals surface area contributed by atoms with Crippen molar-refractivity contribution in [3.63, 3.8) is 0 Å². The smallest absolute Gasteiger partial charge is 0.252 e. The van der Waals surface area contributed by atoms with Gasteiger partial charge in [-0.15, -0.1) is 5.92 Å². The first-order valence-electron chi connectivity index (χ1n) is 6.95. The average molecular weight is 332 g/mol. The highest BCUT2D eigenvalue weighted by Gasteiger charge is 2.54. The van der Waals surface area contributed by atoms with Gasteiger partial charge in [-0.2, -0.15) is 0 Å². The number of aromatic nitrogens is 2. The Hall–Kier alpha value is -2.59. The fourth-order valence-electron chi connectivity index (χ4n) is 2.79. The van der Waals surface area contributed by atoms with E-state index in [1.807, 2.05) is 0 Å². The van der Waals surface area contributed by atoms with Crippen LogP contribution in [0.15, 0.2) is 29.7 Å². The molecule has 3 unspecified atom stereocenters. The lowest BCUT2D eigenvalue weighted by Crippen LogP contribution is -2.58. The molecule has 118 valence electrons. The van der Waals surface area contributed by atoms with Gasteiger partial charge in [0.2, 0.25) is 0 Å². The van der Waals surface area contributed by atoms with Gasteiger partial charge < -0.3 is 10.6 Å². The molecule has 1 aromatic rings. The van der Waals surface area contributed by atoms with Crippen molar-refractivity contribution in [3.8, 4) is 11.8 Å². The minimum atomic E-state index is -1.09. The Labute approximate surface area is 138 Å². The van der Waals surface area contributed by atoms with Crippen molar-refractivity contribution in [1.82, 2.24) is 20.2 Å². The van der Waals surface area contributed by atoms with Gasteiger partial charge in [0, 0.05) is 11.2 Å². The molecule has 3 heterocycles. The molecular formula is C15H14ClN5O2. The van der Waals surface area contributed by atoms with E-state index < -0.39 is 17.7 Å². The minimum Gasteiger partial charge on any atom is -0.355 e. The van der Waals surface area contributed by atoms with Crippen LogP contribution >= 0.6 is 11.6 Å². The number of hydrogen-bond donors (Lipinski definition) is 2. The first-order valence-corrected chi connectivity index (χ1v) is 7.33. The fourth-order valence-corrected chi connectivity index (χ4v) is 3.11. The molecule has 2 amide bonds. The van der Waals surface area contributed by atoms with E-state index in [0.29, 0.717) is 5.82 Å². The number of amides is 2. The van der Waals surface area contributed by atoms with Gasteiger partial charge in [0.1, 0.15) is 24.2 Å². The third-order valence-electron chi connectivity index (χ3n) is 3.70. The molecule has 3 atom stereocenters.